The third kappa shape index (κ3) is 6.42. The smallest absolute Gasteiger partial charge is 0.374 e. The Kier molecular flexibility index (Phi) is 6.08. The van der Waals surface area contributed by atoms with E-state index < -0.39 is 12.6 Å². The van der Waals surface area contributed by atoms with Crippen LogP contribution in [0, 0.1) is 0 Å². The molecule has 1 aromatic heterocycles. The molecule has 0 aliphatic heterocycles. The minimum absolute atomic E-state index is 0.0463. The largest absolute Gasteiger partial charge is 0.390 e. The fourth-order valence-corrected chi connectivity index (χ4v) is 1.62. The highest BCUT2D eigenvalue weighted by atomic mass is 19.4. The molecule has 19 heavy (non-hydrogen) atoms. The first-order chi connectivity index (χ1) is 8.92. The molecule has 0 aliphatic carbocycles. The van der Waals surface area contributed by atoms with Crippen LogP contribution in [0.2, 0.25) is 0 Å². The van der Waals surface area contributed by atoms with E-state index in [2.05, 4.69) is 17.2 Å². The molecule has 0 amide bonds. The molecule has 0 atom stereocenters. The van der Waals surface area contributed by atoms with Gasteiger partial charge in [-0.2, -0.15) is 13.2 Å². The summed E-state index contributed by atoms with van der Waals surface area (Å²) in [5, 5.41) is 3.21. The minimum Gasteiger partial charge on any atom is -0.374 e. The van der Waals surface area contributed by atoms with E-state index in [1.54, 1.807) is 24.2 Å². The van der Waals surface area contributed by atoms with Crippen molar-refractivity contribution in [2.45, 2.75) is 32.5 Å². The lowest BCUT2D eigenvalue weighted by Gasteiger charge is -2.20. The number of alkyl halides is 3. The Morgan fingerprint density at radius 2 is 2.11 bits per heavy atom. The van der Waals surface area contributed by atoms with Crippen molar-refractivity contribution in [1.82, 2.24) is 10.3 Å². The Morgan fingerprint density at radius 3 is 2.74 bits per heavy atom. The third-order valence-corrected chi connectivity index (χ3v) is 2.70. The highest BCUT2D eigenvalue weighted by Gasteiger charge is 2.27. The van der Waals surface area contributed by atoms with Crippen LogP contribution in [0.1, 0.15) is 25.5 Å². The number of halogens is 3. The highest BCUT2D eigenvalue weighted by Crippen LogP contribution is 2.21. The van der Waals surface area contributed by atoms with Gasteiger partial charge in [-0.25, -0.2) is 0 Å². The van der Waals surface area contributed by atoms with Gasteiger partial charge in [-0.3, -0.25) is 4.98 Å². The van der Waals surface area contributed by atoms with E-state index in [0.29, 0.717) is 6.54 Å². The van der Waals surface area contributed by atoms with Crippen LogP contribution in [0.15, 0.2) is 18.3 Å². The number of hydrogen-bond acceptors (Lipinski definition) is 3. The van der Waals surface area contributed by atoms with E-state index in [4.69, 9.17) is 0 Å². The summed E-state index contributed by atoms with van der Waals surface area (Å²) in [4.78, 5) is 5.79. The van der Waals surface area contributed by atoms with Crippen LogP contribution in [-0.4, -0.2) is 31.3 Å². The molecule has 0 fully saturated rings. The summed E-state index contributed by atoms with van der Waals surface area (Å²) >= 11 is 0. The van der Waals surface area contributed by atoms with Gasteiger partial charge in [0.2, 0.25) is 0 Å². The van der Waals surface area contributed by atoms with Gasteiger partial charge in [-0.05, 0) is 25.1 Å². The van der Waals surface area contributed by atoms with Crippen LogP contribution in [0.3, 0.4) is 0 Å². The van der Waals surface area contributed by atoms with Gasteiger partial charge in [0.25, 0.3) is 0 Å². The second kappa shape index (κ2) is 7.33. The molecule has 0 spiro atoms. The quantitative estimate of drug-likeness (QED) is 0.775. The van der Waals surface area contributed by atoms with Crippen molar-refractivity contribution in [1.29, 1.82) is 0 Å². The van der Waals surface area contributed by atoms with Crippen LogP contribution < -0.4 is 10.2 Å². The lowest BCUT2D eigenvalue weighted by Crippen LogP contribution is -2.24. The summed E-state index contributed by atoms with van der Waals surface area (Å²) in [6.45, 7) is 3.56. The molecule has 0 aromatic carbocycles. The van der Waals surface area contributed by atoms with Crippen molar-refractivity contribution in [3.05, 3.63) is 24.0 Å². The minimum atomic E-state index is -4.12. The number of aromatic nitrogens is 1. The van der Waals surface area contributed by atoms with Crippen molar-refractivity contribution in [3.63, 3.8) is 0 Å². The molecule has 1 N–H and O–H groups in total. The molecule has 0 saturated carbocycles. The lowest BCUT2D eigenvalue weighted by atomic mass is 10.2. The number of pyridine rings is 1. The number of nitrogens with one attached hydrogen (secondary N) is 1. The summed E-state index contributed by atoms with van der Waals surface area (Å²) in [6.07, 6.45) is -2.27. The molecule has 0 saturated heterocycles. The zero-order valence-corrected chi connectivity index (χ0v) is 11.3. The first kappa shape index (κ1) is 15.8. The van der Waals surface area contributed by atoms with E-state index in [0.717, 1.165) is 24.3 Å². The average molecular weight is 275 g/mol. The molecule has 0 bridgehead atoms. The van der Waals surface area contributed by atoms with E-state index in [1.165, 1.54) is 0 Å². The van der Waals surface area contributed by atoms with Gasteiger partial charge >= 0.3 is 6.18 Å². The van der Waals surface area contributed by atoms with E-state index in [-0.39, 0.29) is 6.54 Å². The van der Waals surface area contributed by atoms with Crippen molar-refractivity contribution in [3.8, 4) is 0 Å². The predicted molar refractivity (Wildman–Crippen MR) is 70.2 cm³/mol. The van der Waals surface area contributed by atoms with Crippen LogP contribution in [-0.2, 0) is 6.54 Å². The SMILES string of the molecule is CCCNCc1cc(N(C)CCC(F)(F)F)ccn1. The number of anilines is 1. The second-order valence-corrected chi connectivity index (χ2v) is 4.47. The Bertz CT molecular complexity index is 380. The first-order valence-corrected chi connectivity index (χ1v) is 6.36. The van der Waals surface area contributed by atoms with Crippen molar-refractivity contribution in [2.75, 3.05) is 25.0 Å². The molecule has 0 radical (unpaired) electrons. The number of rotatable bonds is 7. The highest BCUT2D eigenvalue weighted by molar-refractivity contribution is 5.45. The van der Waals surface area contributed by atoms with Crippen molar-refractivity contribution < 1.29 is 13.2 Å². The Hall–Kier alpha value is -1.30. The molecule has 1 heterocycles. The van der Waals surface area contributed by atoms with Gasteiger partial charge in [-0.15, -0.1) is 0 Å². The van der Waals surface area contributed by atoms with Crippen LogP contribution in [0.5, 0.6) is 0 Å². The fraction of sp³-hybridized carbons (Fsp3) is 0.615. The summed E-state index contributed by atoms with van der Waals surface area (Å²) in [5.41, 5.74) is 1.59. The Labute approximate surface area is 111 Å². The standard InChI is InChI=1S/C13H20F3N3/c1-3-6-17-10-11-9-12(4-7-18-11)19(2)8-5-13(14,15)16/h4,7,9,17H,3,5-6,8,10H2,1-2H3. The van der Waals surface area contributed by atoms with E-state index in [9.17, 15) is 13.2 Å². The lowest BCUT2D eigenvalue weighted by molar-refractivity contribution is -0.132. The predicted octanol–water partition coefficient (Wildman–Crippen LogP) is 2.97. The summed E-state index contributed by atoms with van der Waals surface area (Å²) in [5.74, 6) is 0. The van der Waals surface area contributed by atoms with Crippen LogP contribution in [0.4, 0.5) is 18.9 Å². The summed E-state index contributed by atoms with van der Waals surface area (Å²) < 4.78 is 36.5. The second-order valence-electron chi connectivity index (χ2n) is 4.47. The summed E-state index contributed by atoms with van der Waals surface area (Å²) in [6, 6.07) is 3.54. The van der Waals surface area contributed by atoms with E-state index >= 15 is 0 Å². The van der Waals surface area contributed by atoms with Gasteiger partial charge in [-0.1, -0.05) is 6.92 Å². The maximum Gasteiger partial charge on any atom is 0.390 e. The molecule has 6 heteroatoms. The van der Waals surface area contributed by atoms with Crippen LogP contribution in [0.25, 0.3) is 0 Å². The summed E-state index contributed by atoms with van der Waals surface area (Å²) in [7, 11) is 1.66. The zero-order chi connectivity index (χ0) is 14.3. The Morgan fingerprint density at radius 1 is 1.37 bits per heavy atom. The van der Waals surface area contributed by atoms with Crippen molar-refractivity contribution in [2.24, 2.45) is 0 Å². The monoisotopic (exact) mass is 275 g/mol. The molecule has 3 nitrogen and oxygen atoms in total. The van der Waals surface area contributed by atoms with Gasteiger partial charge in [0.1, 0.15) is 0 Å². The molecule has 108 valence electrons. The number of nitrogens with zero attached hydrogens (tertiary/aromatic N) is 2. The van der Waals surface area contributed by atoms with Gasteiger partial charge in [0.15, 0.2) is 0 Å². The van der Waals surface area contributed by atoms with E-state index in [1.807, 2.05) is 6.07 Å². The van der Waals surface area contributed by atoms with Crippen molar-refractivity contribution >= 4 is 5.69 Å². The Balaban J connectivity index is 2.55. The normalized spacial score (nSPS) is 11.6. The first-order valence-electron chi connectivity index (χ1n) is 6.36. The fourth-order valence-electron chi connectivity index (χ4n) is 1.62. The zero-order valence-electron chi connectivity index (χ0n) is 11.3. The maximum atomic E-state index is 12.2. The molecule has 1 aromatic rings. The topological polar surface area (TPSA) is 28.2 Å². The molecule has 0 aliphatic rings. The molecular weight excluding hydrogens is 255 g/mol. The number of hydrogen-bond donors (Lipinski definition) is 1. The van der Waals surface area contributed by atoms with Crippen LogP contribution >= 0.6 is 0 Å². The molecule has 1 rings (SSSR count). The third-order valence-electron chi connectivity index (χ3n) is 2.70. The van der Waals surface area contributed by atoms with Gasteiger partial charge in [0.05, 0.1) is 12.1 Å². The van der Waals surface area contributed by atoms with Gasteiger partial charge in [0, 0.05) is 32.0 Å². The maximum absolute atomic E-state index is 12.2. The molecule has 0 unspecified atom stereocenters. The average Bonchev–Trinajstić information content (AvgIpc) is 2.36. The van der Waals surface area contributed by atoms with Gasteiger partial charge < -0.3 is 10.2 Å². The molecular formula is C13H20F3N3.